The van der Waals surface area contributed by atoms with Gasteiger partial charge in [-0.3, -0.25) is 9.59 Å². The van der Waals surface area contributed by atoms with Crippen LogP contribution in [0.1, 0.15) is 29.3 Å². The van der Waals surface area contributed by atoms with Crippen molar-refractivity contribution in [3.05, 3.63) is 59.7 Å². The number of hydrogen-bond acceptors (Lipinski definition) is 3. The smallest absolute Gasteiger partial charge is 0.255 e. The molecular weight excluding hydrogens is 304 g/mol. The molecule has 2 rings (SSSR count). The summed E-state index contributed by atoms with van der Waals surface area (Å²) in [7, 11) is 1.63. The quantitative estimate of drug-likeness (QED) is 0.822. The van der Waals surface area contributed by atoms with Crippen molar-refractivity contribution in [2.45, 2.75) is 19.8 Å². The van der Waals surface area contributed by atoms with Crippen molar-refractivity contribution in [1.82, 2.24) is 5.32 Å². The highest BCUT2D eigenvalue weighted by atomic mass is 16.5. The lowest BCUT2D eigenvalue weighted by Gasteiger charge is -2.08. The van der Waals surface area contributed by atoms with E-state index in [-0.39, 0.29) is 11.8 Å². The van der Waals surface area contributed by atoms with Crippen molar-refractivity contribution in [3.8, 4) is 5.75 Å². The fourth-order valence-electron chi connectivity index (χ4n) is 2.23. The van der Waals surface area contributed by atoms with Crippen molar-refractivity contribution in [2.75, 3.05) is 19.0 Å². The number of carbonyl (C=O) groups excluding carboxylic acids is 2. The van der Waals surface area contributed by atoms with Crippen LogP contribution in [0.3, 0.4) is 0 Å². The first-order valence-corrected chi connectivity index (χ1v) is 7.96. The summed E-state index contributed by atoms with van der Waals surface area (Å²) in [6.45, 7) is 2.46. The maximum absolute atomic E-state index is 12.3. The monoisotopic (exact) mass is 326 g/mol. The molecule has 0 aliphatic heterocycles. The van der Waals surface area contributed by atoms with E-state index in [1.165, 1.54) is 0 Å². The summed E-state index contributed by atoms with van der Waals surface area (Å²) < 4.78 is 5.41. The summed E-state index contributed by atoms with van der Waals surface area (Å²) in [5, 5.41) is 5.46. The lowest BCUT2D eigenvalue weighted by atomic mass is 10.1. The molecule has 0 atom stereocenters. The SMILES string of the molecule is CCOc1cccc(C(=O)Nc2ccc(CCC(=O)NC)cc2)c1. The molecule has 0 aromatic heterocycles. The first kappa shape index (κ1) is 17.5. The van der Waals surface area contributed by atoms with E-state index in [0.29, 0.717) is 36.4 Å². The Hall–Kier alpha value is -2.82. The summed E-state index contributed by atoms with van der Waals surface area (Å²) in [4.78, 5) is 23.5. The molecule has 0 spiro atoms. The Kier molecular flexibility index (Phi) is 6.37. The van der Waals surface area contributed by atoms with E-state index in [1.54, 1.807) is 25.2 Å². The van der Waals surface area contributed by atoms with Gasteiger partial charge in [-0.25, -0.2) is 0 Å². The summed E-state index contributed by atoms with van der Waals surface area (Å²) in [6, 6.07) is 14.6. The van der Waals surface area contributed by atoms with Crippen LogP contribution >= 0.6 is 0 Å². The second kappa shape index (κ2) is 8.72. The van der Waals surface area contributed by atoms with E-state index < -0.39 is 0 Å². The van der Waals surface area contributed by atoms with Gasteiger partial charge >= 0.3 is 0 Å². The van der Waals surface area contributed by atoms with Gasteiger partial charge in [-0.1, -0.05) is 18.2 Å². The largest absolute Gasteiger partial charge is 0.494 e. The Labute approximate surface area is 142 Å². The van der Waals surface area contributed by atoms with Gasteiger partial charge in [-0.05, 0) is 49.2 Å². The van der Waals surface area contributed by atoms with Gasteiger partial charge in [-0.2, -0.15) is 0 Å². The van der Waals surface area contributed by atoms with Crippen LogP contribution < -0.4 is 15.4 Å². The molecule has 2 amide bonds. The van der Waals surface area contributed by atoms with E-state index in [2.05, 4.69) is 10.6 Å². The molecule has 2 aromatic carbocycles. The van der Waals surface area contributed by atoms with Crippen LogP contribution in [-0.4, -0.2) is 25.5 Å². The molecule has 24 heavy (non-hydrogen) atoms. The summed E-state index contributed by atoms with van der Waals surface area (Å²) in [5.74, 6) is 0.505. The number of hydrogen-bond donors (Lipinski definition) is 2. The third-order valence-electron chi connectivity index (χ3n) is 3.54. The number of anilines is 1. The molecule has 0 bridgehead atoms. The van der Waals surface area contributed by atoms with Gasteiger partial charge in [0.15, 0.2) is 0 Å². The zero-order valence-electron chi connectivity index (χ0n) is 14.0. The number of benzene rings is 2. The average Bonchev–Trinajstić information content (AvgIpc) is 2.61. The highest BCUT2D eigenvalue weighted by molar-refractivity contribution is 6.04. The van der Waals surface area contributed by atoms with Gasteiger partial charge < -0.3 is 15.4 Å². The van der Waals surface area contributed by atoms with Gasteiger partial charge in [-0.15, -0.1) is 0 Å². The fraction of sp³-hybridized carbons (Fsp3) is 0.263. The second-order valence-electron chi connectivity index (χ2n) is 5.29. The van der Waals surface area contributed by atoms with Gasteiger partial charge in [0.2, 0.25) is 5.91 Å². The topological polar surface area (TPSA) is 67.4 Å². The molecule has 5 nitrogen and oxygen atoms in total. The normalized spacial score (nSPS) is 10.1. The number of carbonyl (C=O) groups is 2. The molecule has 2 N–H and O–H groups in total. The van der Waals surface area contributed by atoms with Crippen molar-refractivity contribution in [2.24, 2.45) is 0 Å². The standard InChI is InChI=1S/C19H22N2O3/c1-3-24-17-6-4-5-15(13-17)19(23)21-16-10-7-14(8-11-16)9-12-18(22)20-2/h4-8,10-11,13H,3,9,12H2,1-2H3,(H,20,22)(H,21,23). The van der Waals surface area contributed by atoms with Crippen molar-refractivity contribution in [3.63, 3.8) is 0 Å². The lowest BCUT2D eigenvalue weighted by Crippen LogP contribution is -2.17. The van der Waals surface area contributed by atoms with Crippen LogP contribution in [0.4, 0.5) is 5.69 Å². The van der Waals surface area contributed by atoms with E-state index in [4.69, 9.17) is 4.74 Å². The van der Waals surface area contributed by atoms with Crippen LogP contribution in [0.2, 0.25) is 0 Å². The molecular formula is C19H22N2O3. The number of ether oxygens (including phenoxy) is 1. The van der Waals surface area contributed by atoms with Crippen LogP contribution in [0.15, 0.2) is 48.5 Å². The van der Waals surface area contributed by atoms with Gasteiger partial charge in [0.05, 0.1) is 6.61 Å². The first-order valence-electron chi connectivity index (χ1n) is 7.96. The van der Waals surface area contributed by atoms with E-state index in [0.717, 1.165) is 5.56 Å². The first-order chi connectivity index (χ1) is 11.6. The van der Waals surface area contributed by atoms with Crippen molar-refractivity contribution in [1.29, 1.82) is 0 Å². The minimum absolute atomic E-state index is 0.0153. The summed E-state index contributed by atoms with van der Waals surface area (Å²) >= 11 is 0. The lowest BCUT2D eigenvalue weighted by molar-refractivity contribution is -0.120. The Morgan fingerprint density at radius 3 is 2.50 bits per heavy atom. The number of aryl methyl sites for hydroxylation is 1. The minimum Gasteiger partial charge on any atom is -0.494 e. The molecule has 2 aromatic rings. The Bertz CT molecular complexity index is 696. The van der Waals surface area contributed by atoms with E-state index in [1.807, 2.05) is 37.3 Å². The maximum atomic E-state index is 12.3. The highest BCUT2D eigenvalue weighted by Gasteiger charge is 2.07. The van der Waals surface area contributed by atoms with Crippen LogP contribution in [0.25, 0.3) is 0 Å². The predicted molar refractivity (Wildman–Crippen MR) is 94.4 cm³/mol. The summed E-state index contributed by atoms with van der Waals surface area (Å²) in [5.41, 5.74) is 2.31. The third-order valence-corrected chi connectivity index (χ3v) is 3.54. The molecule has 0 heterocycles. The Morgan fingerprint density at radius 1 is 1.08 bits per heavy atom. The zero-order valence-corrected chi connectivity index (χ0v) is 14.0. The van der Waals surface area contributed by atoms with Gasteiger partial charge in [0.25, 0.3) is 5.91 Å². The minimum atomic E-state index is -0.185. The maximum Gasteiger partial charge on any atom is 0.255 e. The van der Waals surface area contributed by atoms with Crippen LogP contribution in [-0.2, 0) is 11.2 Å². The average molecular weight is 326 g/mol. The summed E-state index contributed by atoms with van der Waals surface area (Å²) in [6.07, 6.45) is 1.12. The molecule has 0 fully saturated rings. The number of rotatable bonds is 7. The number of nitrogens with one attached hydrogen (secondary N) is 2. The molecule has 5 heteroatoms. The molecule has 0 saturated heterocycles. The van der Waals surface area contributed by atoms with E-state index in [9.17, 15) is 9.59 Å². The molecule has 0 saturated carbocycles. The molecule has 0 aliphatic rings. The zero-order chi connectivity index (χ0) is 17.4. The molecule has 0 radical (unpaired) electrons. The van der Waals surface area contributed by atoms with Crippen molar-refractivity contribution < 1.29 is 14.3 Å². The van der Waals surface area contributed by atoms with Gasteiger partial charge in [0, 0.05) is 24.7 Å². The van der Waals surface area contributed by atoms with Crippen molar-refractivity contribution >= 4 is 17.5 Å². The molecule has 0 unspecified atom stereocenters. The highest BCUT2D eigenvalue weighted by Crippen LogP contribution is 2.16. The third kappa shape index (κ3) is 5.12. The second-order valence-corrected chi connectivity index (χ2v) is 5.29. The van der Waals surface area contributed by atoms with Gasteiger partial charge in [0.1, 0.15) is 5.75 Å². The number of amides is 2. The Morgan fingerprint density at radius 2 is 1.83 bits per heavy atom. The predicted octanol–water partition coefficient (Wildman–Crippen LogP) is 3.02. The van der Waals surface area contributed by atoms with E-state index >= 15 is 0 Å². The fourth-order valence-corrected chi connectivity index (χ4v) is 2.23. The molecule has 0 aliphatic carbocycles. The van der Waals surface area contributed by atoms with Crippen LogP contribution in [0.5, 0.6) is 5.75 Å². The van der Waals surface area contributed by atoms with Crippen LogP contribution in [0, 0.1) is 0 Å². The molecule has 126 valence electrons. The Balaban J connectivity index is 1.96.